The van der Waals surface area contributed by atoms with Crippen molar-refractivity contribution in [2.45, 2.75) is 46.0 Å². The number of aliphatic hydroxyl groups excluding tert-OH is 1. The van der Waals surface area contributed by atoms with E-state index in [0.717, 1.165) is 19.3 Å². The van der Waals surface area contributed by atoms with Crippen LogP contribution >= 0.6 is 0 Å². The summed E-state index contributed by atoms with van der Waals surface area (Å²) >= 11 is 0. The first kappa shape index (κ1) is 18.7. The number of carbonyl (C=O) groups is 2. The first-order valence-electron chi connectivity index (χ1n) is 9.00. The number of ketones is 1. The van der Waals surface area contributed by atoms with E-state index in [-0.39, 0.29) is 31.1 Å². The van der Waals surface area contributed by atoms with Crippen LogP contribution in [0.3, 0.4) is 0 Å². The zero-order valence-corrected chi connectivity index (χ0v) is 14.8. The maximum absolute atomic E-state index is 12.3. The number of hydrogen-bond acceptors (Lipinski definition) is 3. The lowest BCUT2D eigenvalue weighted by molar-refractivity contribution is -0.132. The van der Waals surface area contributed by atoms with Gasteiger partial charge in [-0.25, -0.2) is 0 Å². The highest BCUT2D eigenvalue weighted by molar-refractivity contribution is 5.98. The van der Waals surface area contributed by atoms with Gasteiger partial charge in [0.15, 0.2) is 5.78 Å². The van der Waals surface area contributed by atoms with Gasteiger partial charge in [0.05, 0.1) is 0 Å². The van der Waals surface area contributed by atoms with Gasteiger partial charge >= 0.3 is 0 Å². The molecule has 1 aliphatic rings. The average molecular weight is 331 g/mol. The van der Waals surface area contributed by atoms with E-state index >= 15 is 0 Å². The van der Waals surface area contributed by atoms with Gasteiger partial charge in [-0.3, -0.25) is 9.59 Å². The van der Waals surface area contributed by atoms with Crippen molar-refractivity contribution in [1.82, 2.24) is 4.90 Å². The SMILES string of the molecule is CC(C)Cc1ccc(C(=O)CCC(=O)N2CCC(CO)CC2)cc1. The minimum atomic E-state index is 0.0321. The zero-order chi connectivity index (χ0) is 17.5. The van der Waals surface area contributed by atoms with Gasteiger partial charge in [0.25, 0.3) is 0 Å². The van der Waals surface area contributed by atoms with E-state index in [1.54, 1.807) is 0 Å². The lowest BCUT2D eigenvalue weighted by Crippen LogP contribution is -2.39. The molecule has 0 atom stereocenters. The topological polar surface area (TPSA) is 57.6 Å². The first-order chi connectivity index (χ1) is 11.5. The van der Waals surface area contributed by atoms with E-state index < -0.39 is 0 Å². The van der Waals surface area contributed by atoms with Crippen LogP contribution in [0.1, 0.15) is 55.5 Å². The molecule has 1 aromatic carbocycles. The summed E-state index contributed by atoms with van der Waals surface area (Å²) in [7, 11) is 0. The maximum Gasteiger partial charge on any atom is 0.223 e. The number of nitrogens with zero attached hydrogens (tertiary/aromatic N) is 1. The molecule has 1 N–H and O–H groups in total. The molecule has 0 aromatic heterocycles. The fourth-order valence-corrected chi connectivity index (χ4v) is 3.19. The molecule has 0 spiro atoms. The van der Waals surface area contributed by atoms with E-state index in [9.17, 15) is 9.59 Å². The molecule has 1 amide bonds. The average Bonchev–Trinajstić information content (AvgIpc) is 2.59. The van der Waals surface area contributed by atoms with Gasteiger partial charge in [-0.15, -0.1) is 0 Å². The Kier molecular flexibility index (Phi) is 6.98. The smallest absolute Gasteiger partial charge is 0.223 e. The van der Waals surface area contributed by atoms with Crippen LogP contribution in [0.15, 0.2) is 24.3 Å². The molecule has 4 heteroatoms. The molecular formula is C20H29NO3. The van der Waals surface area contributed by atoms with Gasteiger partial charge in [0, 0.05) is 38.1 Å². The number of benzene rings is 1. The van der Waals surface area contributed by atoms with Crippen molar-refractivity contribution in [3.63, 3.8) is 0 Å². The third-order valence-corrected chi connectivity index (χ3v) is 4.71. The standard InChI is InChI=1S/C20H29NO3/c1-15(2)13-16-3-5-18(6-4-16)19(23)7-8-20(24)21-11-9-17(14-22)10-12-21/h3-6,15,17,22H,7-14H2,1-2H3. The Bertz CT molecular complexity index is 543. The zero-order valence-electron chi connectivity index (χ0n) is 14.8. The van der Waals surface area contributed by atoms with Gasteiger partial charge in [-0.1, -0.05) is 38.1 Å². The van der Waals surface area contributed by atoms with Crippen LogP contribution in [-0.2, 0) is 11.2 Å². The predicted octanol–water partition coefficient (Wildman–Crippen LogP) is 3.08. The number of likely N-dealkylation sites (tertiary alicyclic amines) is 1. The fourth-order valence-electron chi connectivity index (χ4n) is 3.19. The predicted molar refractivity (Wildman–Crippen MR) is 94.9 cm³/mol. The van der Waals surface area contributed by atoms with E-state index in [1.165, 1.54) is 5.56 Å². The van der Waals surface area contributed by atoms with Crippen molar-refractivity contribution in [3.8, 4) is 0 Å². The number of piperidine rings is 1. The van der Waals surface area contributed by atoms with Crippen LogP contribution in [0.5, 0.6) is 0 Å². The Morgan fingerprint density at radius 1 is 1.12 bits per heavy atom. The number of rotatable bonds is 7. The number of amides is 1. The fraction of sp³-hybridized carbons (Fsp3) is 0.600. The van der Waals surface area contributed by atoms with Crippen molar-refractivity contribution >= 4 is 11.7 Å². The molecule has 0 unspecified atom stereocenters. The molecule has 132 valence electrons. The summed E-state index contributed by atoms with van der Waals surface area (Å²) < 4.78 is 0. The number of aliphatic hydroxyl groups is 1. The molecule has 1 aromatic rings. The lowest BCUT2D eigenvalue weighted by atomic mass is 9.97. The van der Waals surface area contributed by atoms with E-state index in [0.29, 0.717) is 30.5 Å². The summed E-state index contributed by atoms with van der Waals surface area (Å²) in [5.41, 5.74) is 1.93. The Labute approximate surface area is 144 Å². The van der Waals surface area contributed by atoms with Gasteiger partial charge in [0.1, 0.15) is 0 Å². The van der Waals surface area contributed by atoms with Crippen molar-refractivity contribution < 1.29 is 14.7 Å². The van der Waals surface area contributed by atoms with Gasteiger partial charge < -0.3 is 10.0 Å². The second-order valence-corrected chi connectivity index (χ2v) is 7.22. The monoisotopic (exact) mass is 331 g/mol. The quantitative estimate of drug-likeness (QED) is 0.781. The van der Waals surface area contributed by atoms with Crippen molar-refractivity contribution in [2.75, 3.05) is 19.7 Å². The minimum absolute atomic E-state index is 0.0321. The highest BCUT2D eigenvalue weighted by Gasteiger charge is 2.22. The second kappa shape index (κ2) is 8.97. The molecule has 1 heterocycles. The Balaban J connectivity index is 1.79. The summed E-state index contributed by atoms with van der Waals surface area (Å²) in [6.07, 6.45) is 3.26. The Hall–Kier alpha value is -1.68. The third kappa shape index (κ3) is 5.45. The number of hydrogen-bond donors (Lipinski definition) is 1. The molecule has 2 rings (SSSR count). The van der Waals surface area contributed by atoms with Gasteiger partial charge in [-0.05, 0) is 36.7 Å². The summed E-state index contributed by atoms with van der Waals surface area (Å²) in [5.74, 6) is 1.00. The van der Waals surface area contributed by atoms with E-state index in [1.807, 2.05) is 29.2 Å². The summed E-state index contributed by atoms with van der Waals surface area (Å²) in [6.45, 7) is 5.94. The maximum atomic E-state index is 12.3. The lowest BCUT2D eigenvalue weighted by Gasteiger charge is -2.31. The van der Waals surface area contributed by atoms with Crippen LogP contribution in [0.2, 0.25) is 0 Å². The summed E-state index contributed by atoms with van der Waals surface area (Å²) in [5, 5.41) is 9.14. The van der Waals surface area contributed by atoms with Gasteiger partial charge in [0.2, 0.25) is 5.91 Å². The molecule has 24 heavy (non-hydrogen) atoms. The van der Waals surface area contributed by atoms with E-state index in [4.69, 9.17) is 5.11 Å². The Morgan fingerprint density at radius 2 is 1.75 bits per heavy atom. The Morgan fingerprint density at radius 3 is 2.29 bits per heavy atom. The number of Topliss-reactive ketones (excluding diaryl/α,β-unsaturated/α-hetero) is 1. The van der Waals surface area contributed by atoms with Crippen molar-refractivity contribution in [1.29, 1.82) is 0 Å². The molecule has 0 aliphatic carbocycles. The number of carbonyl (C=O) groups excluding carboxylic acids is 2. The normalized spacial score (nSPS) is 15.8. The molecule has 0 radical (unpaired) electrons. The minimum Gasteiger partial charge on any atom is -0.396 e. The molecule has 1 aliphatic heterocycles. The van der Waals surface area contributed by atoms with E-state index in [2.05, 4.69) is 13.8 Å². The molecule has 0 bridgehead atoms. The first-order valence-corrected chi connectivity index (χ1v) is 9.00. The molecular weight excluding hydrogens is 302 g/mol. The van der Waals surface area contributed by atoms with Crippen LogP contribution in [0, 0.1) is 11.8 Å². The van der Waals surface area contributed by atoms with Gasteiger partial charge in [-0.2, -0.15) is 0 Å². The molecule has 4 nitrogen and oxygen atoms in total. The molecule has 1 fully saturated rings. The summed E-state index contributed by atoms with van der Waals surface area (Å²) in [4.78, 5) is 26.3. The van der Waals surface area contributed by atoms with Crippen molar-refractivity contribution in [2.24, 2.45) is 11.8 Å². The largest absolute Gasteiger partial charge is 0.396 e. The third-order valence-electron chi connectivity index (χ3n) is 4.71. The van der Waals surface area contributed by atoms with Crippen LogP contribution in [-0.4, -0.2) is 41.4 Å². The van der Waals surface area contributed by atoms with Crippen LogP contribution in [0.25, 0.3) is 0 Å². The second-order valence-electron chi connectivity index (χ2n) is 7.22. The van der Waals surface area contributed by atoms with Crippen LogP contribution in [0.4, 0.5) is 0 Å². The molecule has 0 saturated carbocycles. The van der Waals surface area contributed by atoms with Crippen LogP contribution < -0.4 is 0 Å². The highest BCUT2D eigenvalue weighted by atomic mass is 16.3. The highest BCUT2D eigenvalue weighted by Crippen LogP contribution is 2.18. The summed E-state index contributed by atoms with van der Waals surface area (Å²) in [6, 6.07) is 7.76. The molecule has 1 saturated heterocycles. The van der Waals surface area contributed by atoms with Crippen molar-refractivity contribution in [3.05, 3.63) is 35.4 Å².